The van der Waals surface area contributed by atoms with Crippen molar-refractivity contribution in [2.75, 3.05) is 6.61 Å². The summed E-state index contributed by atoms with van der Waals surface area (Å²) in [6, 6.07) is 0. The monoisotopic (exact) mass is 266 g/mol. The normalized spacial score (nSPS) is 47.4. The molecule has 0 aromatic rings. The summed E-state index contributed by atoms with van der Waals surface area (Å²) >= 11 is 0. The zero-order valence-corrected chi connectivity index (χ0v) is 11.6. The van der Waals surface area contributed by atoms with E-state index in [2.05, 4.69) is 0 Å². The molecule has 4 heteroatoms. The van der Waals surface area contributed by atoms with Gasteiger partial charge in [-0.15, -0.1) is 0 Å². The fourth-order valence-electron chi connectivity index (χ4n) is 3.99. The molecule has 1 spiro atoms. The summed E-state index contributed by atoms with van der Waals surface area (Å²) in [6.45, 7) is 5.19. The lowest BCUT2D eigenvalue weighted by Crippen LogP contribution is -2.52. The average molecular weight is 266 g/mol. The summed E-state index contributed by atoms with van der Waals surface area (Å²) in [6.07, 6.45) is 1.59. The Morgan fingerprint density at radius 3 is 2.26 bits per heavy atom. The predicted octanol–water partition coefficient (Wildman–Crippen LogP) is 0.508. The number of fused-ring (bicyclic) bond motifs is 1. The van der Waals surface area contributed by atoms with Gasteiger partial charge in [0.25, 0.3) is 0 Å². The summed E-state index contributed by atoms with van der Waals surface area (Å²) < 4.78 is 0. The molecule has 0 aromatic carbocycles. The van der Waals surface area contributed by atoms with E-state index in [1.807, 2.05) is 6.92 Å². The zero-order valence-electron chi connectivity index (χ0n) is 11.6. The third-order valence-electron chi connectivity index (χ3n) is 5.70. The minimum atomic E-state index is -1.20. The van der Waals surface area contributed by atoms with Crippen LogP contribution in [0.4, 0.5) is 0 Å². The van der Waals surface area contributed by atoms with Crippen LogP contribution in [0.5, 0.6) is 0 Å². The number of aliphatic hydroxyl groups is 4. The third-order valence-corrected chi connectivity index (χ3v) is 5.70. The molecule has 3 aliphatic carbocycles. The van der Waals surface area contributed by atoms with E-state index in [0.29, 0.717) is 5.57 Å². The standard InChI is InChI=1S/C15H22O4/c1-8-10-9(6-13(2,7-16)12(10)18)11(17)14(3,19)15(8)4-5-15/h6,11-12,16-19H,4-5,7H2,1-3H3. The smallest absolute Gasteiger partial charge is 0.108 e. The fourth-order valence-corrected chi connectivity index (χ4v) is 3.99. The minimum absolute atomic E-state index is 0.184. The van der Waals surface area contributed by atoms with E-state index >= 15 is 0 Å². The quantitative estimate of drug-likeness (QED) is 0.557. The molecule has 0 radical (unpaired) electrons. The van der Waals surface area contributed by atoms with Gasteiger partial charge < -0.3 is 20.4 Å². The second-order valence-corrected chi connectivity index (χ2v) is 6.84. The van der Waals surface area contributed by atoms with Gasteiger partial charge in [-0.1, -0.05) is 18.6 Å². The molecular formula is C15H22O4. The van der Waals surface area contributed by atoms with Gasteiger partial charge in [0.05, 0.1) is 12.7 Å². The van der Waals surface area contributed by atoms with Gasteiger partial charge in [0.1, 0.15) is 11.7 Å². The van der Waals surface area contributed by atoms with Crippen LogP contribution in [0, 0.1) is 10.8 Å². The third kappa shape index (κ3) is 1.33. The summed E-state index contributed by atoms with van der Waals surface area (Å²) in [5.41, 5.74) is -0.0901. The van der Waals surface area contributed by atoms with Crippen LogP contribution in [0.3, 0.4) is 0 Å². The molecule has 106 valence electrons. The van der Waals surface area contributed by atoms with E-state index in [1.165, 1.54) is 0 Å². The van der Waals surface area contributed by atoms with Crippen molar-refractivity contribution in [2.45, 2.75) is 51.4 Å². The van der Waals surface area contributed by atoms with Gasteiger partial charge in [-0.3, -0.25) is 0 Å². The molecule has 4 unspecified atom stereocenters. The lowest BCUT2D eigenvalue weighted by Gasteiger charge is -2.44. The molecule has 4 nitrogen and oxygen atoms in total. The van der Waals surface area contributed by atoms with Gasteiger partial charge in [0.2, 0.25) is 0 Å². The number of rotatable bonds is 1. The largest absolute Gasteiger partial charge is 0.395 e. The van der Waals surface area contributed by atoms with Crippen molar-refractivity contribution in [2.24, 2.45) is 10.8 Å². The molecule has 0 amide bonds. The molecule has 19 heavy (non-hydrogen) atoms. The second-order valence-electron chi connectivity index (χ2n) is 6.84. The molecule has 1 fully saturated rings. The van der Waals surface area contributed by atoms with Gasteiger partial charge in [0.15, 0.2) is 0 Å². The van der Waals surface area contributed by atoms with Gasteiger partial charge in [0, 0.05) is 10.8 Å². The van der Waals surface area contributed by atoms with Gasteiger partial charge in [-0.2, -0.15) is 0 Å². The molecule has 3 rings (SSSR count). The lowest BCUT2D eigenvalue weighted by molar-refractivity contribution is -0.0901. The Hall–Kier alpha value is -0.680. The fraction of sp³-hybridized carbons (Fsp3) is 0.733. The van der Waals surface area contributed by atoms with E-state index in [-0.39, 0.29) is 6.61 Å². The van der Waals surface area contributed by atoms with Crippen molar-refractivity contribution in [1.82, 2.24) is 0 Å². The molecule has 0 aliphatic heterocycles. The molecule has 0 saturated heterocycles. The van der Waals surface area contributed by atoms with Crippen molar-refractivity contribution in [3.05, 3.63) is 22.8 Å². The number of hydrogen-bond donors (Lipinski definition) is 4. The zero-order chi connectivity index (χ0) is 14.2. The summed E-state index contributed by atoms with van der Waals surface area (Å²) in [5, 5.41) is 41.2. The Labute approximate surface area is 113 Å². The first-order valence-electron chi connectivity index (χ1n) is 6.85. The first-order valence-corrected chi connectivity index (χ1v) is 6.85. The van der Waals surface area contributed by atoms with Crippen molar-refractivity contribution >= 4 is 0 Å². The van der Waals surface area contributed by atoms with Crippen LogP contribution in [0.2, 0.25) is 0 Å². The van der Waals surface area contributed by atoms with Crippen LogP contribution in [-0.4, -0.2) is 44.8 Å². The van der Waals surface area contributed by atoms with Gasteiger partial charge >= 0.3 is 0 Å². The van der Waals surface area contributed by atoms with Crippen LogP contribution in [-0.2, 0) is 0 Å². The van der Waals surface area contributed by atoms with Crippen molar-refractivity contribution in [1.29, 1.82) is 0 Å². The molecular weight excluding hydrogens is 244 g/mol. The highest BCUT2D eigenvalue weighted by atomic mass is 16.3. The Balaban J connectivity index is 2.22. The molecule has 1 saturated carbocycles. The van der Waals surface area contributed by atoms with E-state index in [1.54, 1.807) is 19.9 Å². The maximum absolute atomic E-state index is 10.7. The van der Waals surface area contributed by atoms with Crippen LogP contribution in [0.1, 0.15) is 33.6 Å². The maximum Gasteiger partial charge on any atom is 0.108 e. The van der Waals surface area contributed by atoms with E-state index in [0.717, 1.165) is 24.0 Å². The molecule has 0 aromatic heterocycles. The highest BCUT2D eigenvalue weighted by molar-refractivity contribution is 5.57. The number of hydrogen-bond acceptors (Lipinski definition) is 4. The first kappa shape index (κ1) is 13.3. The lowest BCUT2D eigenvalue weighted by atomic mass is 9.66. The Morgan fingerprint density at radius 2 is 1.79 bits per heavy atom. The highest BCUT2D eigenvalue weighted by Crippen LogP contribution is 2.66. The summed E-state index contributed by atoms with van der Waals surface area (Å²) in [7, 11) is 0. The average Bonchev–Trinajstić information content (AvgIpc) is 3.12. The Kier molecular flexibility index (Phi) is 2.45. The van der Waals surface area contributed by atoms with Crippen LogP contribution in [0.15, 0.2) is 22.8 Å². The summed E-state index contributed by atoms with van der Waals surface area (Å²) in [5.74, 6) is 0. The van der Waals surface area contributed by atoms with E-state index in [9.17, 15) is 20.4 Å². The Bertz CT molecular complexity index is 498. The summed E-state index contributed by atoms with van der Waals surface area (Å²) in [4.78, 5) is 0. The van der Waals surface area contributed by atoms with Crippen LogP contribution in [0.25, 0.3) is 0 Å². The van der Waals surface area contributed by atoms with E-state index in [4.69, 9.17) is 0 Å². The van der Waals surface area contributed by atoms with E-state index < -0.39 is 28.6 Å². The van der Waals surface area contributed by atoms with Gasteiger partial charge in [-0.25, -0.2) is 0 Å². The predicted molar refractivity (Wildman–Crippen MR) is 70.3 cm³/mol. The highest BCUT2D eigenvalue weighted by Gasteiger charge is 2.66. The second kappa shape index (κ2) is 3.50. The molecule has 0 bridgehead atoms. The van der Waals surface area contributed by atoms with Gasteiger partial charge in [-0.05, 0) is 37.8 Å². The molecule has 4 N–H and O–H groups in total. The van der Waals surface area contributed by atoms with Crippen LogP contribution >= 0.6 is 0 Å². The van der Waals surface area contributed by atoms with Crippen LogP contribution < -0.4 is 0 Å². The Morgan fingerprint density at radius 1 is 1.21 bits per heavy atom. The maximum atomic E-state index is 10.7. The first-order chi connectivity index (χ1) is 8.71. The van der Waals surface area contributed by atoms with Crippen molar-refractivity contribution in [3.8, 4) is 0 Å². The van der Waals surface area contributed by atoms with Crippen molar-refractivity contribution < 1.29 is 20.4 Å². The molecule has 3 aliphatic rings. The SMILES string of the molecule is CC1=C2C(=CC(C)(CO)C2O)C(O)C(C)(O)C12CC2. The minimum Gasteiger partial charge on any atom is -0.395 e. The molecule has 4 atom stereocenters. The topological polar surface area (TPSA) is 80.9 Å². The molecule has 0 heterocycles. The number of aliphatic hydroxyl groups excluding tert-OH is 3. The van der Waals surface area contributed by atoms with Crippen molar-refractivity contribution in [3.63, 3.8) is 0 Å².